The number of carboxylic acids is 1. The normalized spacial score (nSPS) is 10.8. The minimum absolute atomic E-state index is 0.140. The molecule has 0 aliphatic heterocycles. The number of pyridine rings is 1. The lowest BCUT2D eigenvalue weighted by Crippen LogP contribution is -2.22. The molecule has 0 bridgehead atoms. The fraction of sp³-hybridized carbons (Fsp3) is 0.250. The van der Waals surface area contributed by atoms with Crippen LogP contribution in [0.2, 0.25) is 0 Å². The van der Waals surface area contributed by atoms with Gasteiger partial charge in [0.1, 0.15) is 5.82 Å². The van der Waals surface area contributed by atoms with E-state index in [2.05, 4.69) is 4.98 Å². The third-order valence-electron chi connectivity index (χ3n) is 3.21. The zero-order valence-electron chi connectivity index (χ0n) is 11.8. The van der Waals surface area contributed by atoms with Crippen LogP contribution >= 0.6 is 0 Å². The lowest BCUT2D eigenvalue weighted by atomic mass is 10.1. The number of aromatic carboxylic acids is 1. The molecule has 1 heterocycles. The number of halogens is 1. The first-order valence-electron chi connectivity index (χ1n) is 6.66. The Hall–Kier alpha value is -2.27. The average molecular weight is 288 g/mol. The summed E-state index contributed by atoms with van der Waals surface area (Å²) in [6.45, 7) is 1.10. The largest absolute Gasteiger partial charge is 0.478 e. The smallest absolute Gasteiger partial charge is 0.336 e. The monoisotopic (exact) mass is 288 g/mol. The summed E-state index contributed by atoms with van der Waals surface area (Å²) in [6.07, 6.45) is 2.50. The van der Waals surface area contributed by atoms with Crippen molar-refractivity contribution in [1.29, 1.82) is 0 Å². The number of likely N-dealkylation sites (N-methyl/N-ethyl adjacent to an activating group) is 1. The van der Waals surface area contributed by atoms with Crippen molar-refractivity contribution in [3.05, 3.63) is 65.2 Å². The van der Waals surface area contributed by atoms with Crippen molar-refractivity contribution in [2.24, 2.45) is 0 Å². The van der Waals surface area contributed by atoms with E-state index in [1.807, 2.05) is 30.1 Å². The van der Waals surface area contributed by atoms with E-state index in [0.717, 1.165) is 12.1 Å². The van der Waals surface area contributed by atoms with E-state index in [-0.39, 0.29) is 5.56 Å². The van der Waals surface area contributed by atoms with Crippen LogP contribution in [0.1, 0.15) is 21.6 Å². The van der Waals surface area contributed by atoms with Crippen LogP contribution in [-0.2, 0) is 13.0 Å². The Bertz CT molecular complexity index is 617. The zero-order chi connectivity index (χ0) is 15.2. The summed E-state index contributed by atoms with van der Waals surface area (Å²) < 4.78 is 13.3. The highest BCUT2D eigenvalue weighted by Crippen LogP contribution is 2.14. The predicted octanol–water partition coefficient (Wildman–Crippen LogP) is 2.59. The number of hydrogen-bond acceptors (Lipinski definition) is 3. The Kier molecular flexibility index (Phi) is 5.00. The molecule has 5 heteroatoms. The summed E-state index contributed by atoms with van der Waals surface area (Å²) in [6, 6.07) is 9.48. The Morgan fingerprint density at radius 1 is 1.33 bits per heavy atom. The minimum atomic E-state index is -1.04. The fourth-order valence-corrected chi connectivity index (χ4v) is 2.12. The second-order valence-corrected chi connectivity index (χ2v) is 4.92. The maximum atomic E-state index is 13.3. The van der Waals surface area contributed by atoms with Crippen molar-refractivity contribution in [3.8, 4) is 0 Å². The molecule has 110 valence electrons. The Morgan fingerprint density at radius 3 is 2.81 bits per heavy atom. The Morgan fingerprint density at radius 2 is 2.14 bits per heavy atom. The van der Waals surface area contributed by atoms with Gasteiger partial charge in [0.15, 0.2) is 0 Å². The van der Waals surface area contributed by atoms with E-state index in [1.54, 1.807) is 6.20 Å². The molecule has 0 unspecified atom stereocenters. The molecule has 1 aromatic carbocycles. The van der Waals surface area contributed by atoms with Crippen molar-refractivity contribution >= 4 is 5.97 Å². The maximum Gasteiger partial charge on any atom is 0.336 e. The second kappa shape index (κ2) is 6.95. The molecule has 1 N–H and O–H groups in total. The summed E-state index contributed by atoms with van der Waals surface area (Å²) in [4.78, 5) is 17.3. The van der Waals surface area contributed by atoms with Gasteiger partial charge < -0.3 is 10.0 Å². The molecule has 0 atom stereocenters. The van der Waals surface area contributed by atoms with E-state index in [0.29, 0.717) is 18.7 Å². The lowest BCUT2D eigenvalue weighted by molar-refractivity contribution is 0.0694. The van der Waals surface area contributed by atoms with Gasteiger partial charge in [-0.05, 0) is 42.9 Å². The van der Waals surface area contributed by atoms with E-state index in [9.17, 15) is 9.18 Å². The molecule has 0 saturated heterocycles. The van der Waals surface area contributed by atoms with E-state index < -0.39 is 11.8 Å². The quantitative estimate of drug-likeness (QED) is 0.887. The van der Waals surface area contributed by atoms with Crippen molar-refractivity contribution in [2.45, 2.75) is 13.0 Å². The number of carboxylic acid groups (broad SMARTS) is 1. The van der Waals surface area contributed by atoms with Crippen LogP contribution in [0.15, 0.2) is 42.6 Å². The molecule has 0 aliphatic carbocycles. The molecule has 4 nitrogen and oxygen atoms in total. The Labute approximate surface area is 122 Å². The van der Waals surface area contributed by atoms with Crippen molar-refractivity contribution in [2.75, 3.05) is 13.6 Å². The maximum absolute atomic E-state index is 13.3. The standard InChI is InChI=1S/C16H17FN2O2/c1-19(9-7-14-4-2-3-8-18-14)11-12-10-13(17)5-6-15(12)16(20)21/h2-6,8,10H,7,9,11H2,1H3,(H,20,21). The van der Waals surface area contributed by atoms with Crippen LogP contribution in [0.4, 0.5) is 4.39 Å². The molecule has 0 fully saturated rings. The topological polar surface area (TPSA) is 53.4 Å². The van der Waals surface area contributed by atoms with Crippen LogP contribution in [-0.4, -0.2) is 34.6 Å². The molecule has 0 saturated carbocycles. The van der Waals surface area contributed by atoms with Crippen molar-refractivity contribution in [3.63, 3.8) is 0 Å². The van der Waals surface area contributed by atoms with Crippen LogP contribution in [0, 0.1) is 5.82 Å². The van der Waals surface area contributed by atoms with Crippen molar-refractivity contribution in [1.82, 2.24) is 9.88 Å². The number of benzene rings is 1. The molecule has 2 aromatic rings. The SMILES string of the molecule is CN(CCc1ccccn1)Cc1cc(F)ccc1C(=O)O. The van der Waals surface area contributed by atoms with Crippen LogP contribution in [0.3, 0.4) is 0 Å². The summed E-state index contributed by atoms with van der Waals surface area (Å²) in [5.41, 5.74) is 1.59. The second-order valence-electron chi connectivity index (χ2n) is 4.92. The van der Waals surface area contributed by atoms with E-state index >= 15 is 0 Å². The number of hydrogen-bond donors (Lipinski definition) is 1. The number of aromatic nitrogens is 1. The Balaban J connectivity index is 2.01. The molecular formula is C16H17FN2O2. The average Bonchev–Trinajstić information content (AvgIpc) is 2.46. The van der Waals surface area contributed by atoms with Crippen LogP contribution in [0.5, 0.6) is 0 Å². The summed E-state index contributed by atoms with van der Waals surface area (Å²) in [7, 11) is 1.87. The van der Waals surface area contributed by atoms with Gasteiger partial charge in [-0.3, -0.25) is 4.98 Å². The minimum Gasteiger partial charge on any atom is -0.478 e. The first-order chi connectivity index (χ1) is 10.1. The molecule has 2 rings (SSSR count). The van der Waals surface area contributed by atoms with Gasteiger partial charge in [0.25, 0.3) is 0 Å². The molecule has 0 aliphatic rings. The molecule has 0 radical (unpaired) electrons. The van der Waals surface area contributed by atoms with Gasteiger partial charge in [-0.25, -0.2) is 9.18 Å². The van der Waals surface area contributed by atoms with Gasteiger partial charge in [0.2, 0.25) is 0 Å². The first-order valence-corrected chi connectivity index (χ1v) is 6.66. The van der Waals surface area contributed by atoms with E-state index in [1.165, 1.54) is 18.2 Å². The van der Waals surface area contributed by atoms with Gasteiger partial charge >= 0.3 is 5.97 Å². The lowest BCUT2D eigenvalue weighted by Gasteiger charge is -2.17. The molecule has 1 aromatic heterocycles. The summed E-state index contributed by atoms with van der Waals surface area (Å²) >= 11 is 0. The first kappa shape index (κ1) is 15.1. The summed E-state index contributed by atoms with van der Waals surface area (Å²) in [5.74, 6) is -1.46. The molecule has 21 heavy (non-hydrogen) atoms. The number of nitrogens with zero attached hydrogens (tertiary/aromatic N) is 2. The van der Waals surface area contributed by atoms with Gasteiger partial charge in [-0.2, -0.15) is 0 Å². The van der Waals surface area contributed by atoms with Gasteiger partial charge in [0.05, 0.1) is 5.56 Å². The van der Waals surface area contributed by atoms with Crippen molar-refractivity contribution < 1.29 is 14.3 Å². The number of rotatable bonds is 6. The molecular weight excluding hydrogens is 271 g/mol. The van der Waals surface area contributed by atoms with Crippen LogP contribution in [0.25, 0.3) is 0 Å². The summed E-state index contributed by atoms with van der Waals surface area (Å²) in [5, 5.41) is 9.13. The third-order valence-corrected chi connectivity index (χ3v) is 3.21. The highest BCUT2D eigenvalue weighted by atomic mass is 19.1. The zero-order valence-corrected chi connectivity index (χ0v) is 11.8. The fourth-order valence-electron chi connectivity index (χ4n) is 2.12. The van der Waals surface area contributed by atoms with E-state index in [4.69, 9.17) is 5.11 Å². The number of carbonyl (C=O) groups is 1. The third kappa shape index (κ3) is 4.36. The molecule has 0 amide bonds. The highest BCUT2D eigenvalue weighted by molar-refractivity contribution is 5.89. The highest BCUT2D eigenvalue weighted by Gasteiger charge is 2.12. The van der Waals surface area contributed by atoms with Gasteiger partial charge in [-0.1, -0.05) is 6.07 Å². The predicted molar refractivity (Wildman–Crippen MR) is 77.6 cm³/mol. The van der Waals surface area contributed by atoms with Gasteiger partial charge in [0, 0.05) is 31.4 Å². The van der Waals surface area contributed by atoms with Gasteiger partial charge in [-0.15, -0.1) is 0 Å². The van der Waals surface area contributed by atoms with Crippen LogP contribution < -0.4 is 0 Å². The molecule has 0 spiro atoms.